The van der Waals surface area contributed by atoms with Crippen molar-refractivity contribution in [3.8, 4) is 0 Å². The second-order valence-electron chi connectivity index (χ2n) is 7.29. The van der Waals surface area contributed by atoms with Crippen LogP contribution in [-0.2, 0) is 28.1 Å². The molecular weight excluding hydrogens is 302 g/mol. The van der Waals surface area contributed by atoms with Crippen molar-refractivity contribution < 1.29 is 21.7 Å². The Morgan fingerprint density at radius 2 is 1.50 bits per heavy atom. The third kappa shape index (κ3) is 4.76. The molecule has 0 amide bonds. The van der Waals surface area contributed by atoms with Crippen molar-refractivity contribution in [2.24, 2.45) is 17.8 Å². The van der Waals surface area contributed by atoms with Crippen molar-refractivity contribution >= 4 is 0 Å². The molecule has 4 bridgehead atoms. The molecule has 1 N–H and O–H groups in total. The average molecular weight is 335 g/mol. The van der Waals surface area contributed by atoms with Crippen LogP contribution in [0.15, 0.2) is 18.2 Å². The van der Waals surface area contributed by atoms with Gasteiger partial charge in [0, 0.05) is 0 Å². The summed E-state index contributed by atoms with van der Waals surface area (Å²) in [6.45, 7) is 4.33. The Hall–Kier alpha value is 0.0243. The molecule has 4 aliphatic carbocycles. The average Bonchev–Trinajstić information content (AvgIpc) is 2.72. The van der Waals surface area contributed by atoms with Crippen molar-refractivity contribution in [3.05, 3.63) is 49.9 Å². The molecule has 1 aromatic carbocycles. The van der Waals surface area contributed by atoms with E-state index >= 15 is 0 Å². The fraction of sp³-hybridized carbons (Fsp3) is 0.650. The van der Waals surface area contributed by atoms with Crippen LogP contribution in [0, 0.1) is 39.5 Å². The molecule has 0 spiro atoms. The van der Waals surface area contributed by atoms with Gasteiger partial charge in [0.25, 0.3) is 0 Å². The fourth-order valence-corrected chi connectivity index (χ4v) is 5.05. The second-order valence-corrected chi connectivity index (χ2v) is 7.29. The van der Waals surface area contributed by atoms with Crippen LogP contribution in [0.2, 0.25) is 0 Å². The van der Waals surface area contributed by atoms with E-state index in [4.69, 9.17) is 5.73 Å². The molecule has 5 rings (SSSR count). The standard InChI is InChI=1S/C10H16N.C8H11.2CH3.Ti/c11-10-4-7-1-8(5-10)3-9(2-7)6-10;1-3-8-6-4-5-7(8)2;;;/h7-9,11H,1-6H2;4-6H,3H2,1-2H3;2*1H3;/q4*-1;+4. The van der Waals surface area contributed by atoms with E-state index in [9.17, 15) is 0 Å². The van der Waals surface area contributed by atoms with Gasteiger partial charge in [-0.3, -0.25) is 0 Å². The molecule has 1 aromatic rings. The summed E-state index contributed by atoms with van der Waals surface area (Å²) in [6, 6.07) is 6.43. The fourth-order valence-electron chi connectivity index (χ4n) is 5.05. The van der Waals surface area contributed by atoms with Crippen molar-refractivity contribution in [3.63, 3.8) is 0 Å². The number of hydrogen-bond acceptors (Lipinski definition) is 0. The van der Waals surface area contributed by atoms with Gasteiger partial charge in [-0.05, 0) is 37.0 Å². The smallest absolute Gasteiger partial charge is 0.672 e. The van der Waals surface area contributed by atoms with E-state index in [2.05, 4.69) is 32.0 Å². The molecule has 0 unspecified atom stereocenters. The quantitative estimate of drug-likeness (QED) is 0.432. The van der Waals surface area contributed by atoms with Crippen LogP contribution < -0.4 is 0 Å². The van der Waals surface area contributed by atoms with Crippen LogP contribution in [0.5, 0.6) is 0 Å². The zero-order chi connectivity index (χ0) is 13.5. The minimum absolute atomic E-state index is 0. The molecule has 0 heterocycles. The molecule has 0 radical (unpaired) electrons. The van der Waals surface area contributed by atoms with Gasteiger partial charge < -0.3 is 20.6 Å². The molecule has 0 saturated heterocycles. The Bertz CT molecular complexity index is 399. The third-order valence-corrected chi connectivity index (χ3v) is 5.57. The Morgan fingerprint density at radius 3 is 1.73 bits per heavy atom. The first-order valence-electron chi connectivity index (χ1n) is 8.04. The molecule has 0 aromatic heterocycles. The first-order chi connectivity index (χ1) is 9.08. The molecule has 4 saturated carbocycles. The van der Waals surface area contributed by atoms with Crippen molar-refractivity contribution in [2.45, 2.75) is 64.3 Å². The molecule has 0 aliphatic heterocycles. The summed E-state index contributed by atoms with van der Waals surface area (Å²) in [4.78, 5) is 0. The summed E-state index contributed by atoms with van der Waals surface area (Å²) in [5.74, 6) is 2.87. The van der Waals surface area contributed by atoms with E-state index < -0.39 is 0 Å². The molecular formula is C20H33NTi. The largest absolute Gasteiger partial charge is 4.00 e. The summed E-state index contributed by atoms with van der Waals surface area (Å²) >= 11 is 0. The van der Waals surface area contributed by atoms with Gasteiger partial charge in [0.1, 0.15) is 0 Å². The van der Waals surface area contributed by atoms with Crippen molar-refractivity contribution in [2.75, 3.05) is 0 Å². The van der Waals surface area contributed by atoms with Crippen LogP contribution in [0.25, 0.3) is 5.73 Å². The Labute approximate surface area is 153 Å². The molecule has 4 aliphatic rings. The molecule has 2 heteroatoms. The van der Waals surface area contributed by atoms with Gasteiger partial charge in [-0.1, -0.05) is 39.5 Å². The maximum absolute atomic E-state index is 8.21. The zero-order valence-corrected chi connectivity index (χ0v) is 16.5. The summed E-state index contributed by atoms with van der Waals surface area (Å²) in [5, 5.41) is 0. The molecule has 0 atom stereocenters. The minimum Gasteiger partial charge on any atom is -0.672 e. The van der Waals surface area contributed by atoms with Gasteiger partial charge in [-0.2, -0.15) is 29.3 Å². The van der Waals surface area contributed by atoms with Gasteiger partial charge in [-0.15, -0.1) is 5.54 Å². The number of rotatable bonds is 1. The maximum Gasteiger partial charge on any atom is 4.00 e. The molecule has 4 fully saturated rings. The first-order valence-corrected chi connectivity index (χ1v) is 8.04. The third-order valence-electron chi connectivity index (χ3n) is 5.57. The van der Waals surface area contributed by atoms with Crippen LogP contribution in [0.4, 0.5) is 0 Å². The number of aryl methyl sites for hydroxylation is 2. The summed E-state index contributed by atoms with van der Waals surface area (Å²) < 4.78 is 0. The van der Waals surface area contributed by atoms with Gasteiger partial charge in [-0.25, -0.2) is 0 Å². The van der Waals surface area contributed by atoms with E-state index in [0.717, 1.165) is 17.8 Å². The van der Waals surface area contributed by atoms with Crippen LogP contribution in [0.1, 0.15) is 56.6 Å². The molecule has 122 valence electrons. The van der Waals surface area contributed by atoms with Crippen molar-refractivity contribution in [1.29, 1.82) is 0 Å². The van der Waals surface area contributed by atoms with Crippen LogP contribution >= 0.6 is 0 Å². The predicted octanol–water partition coefficient (Wildman–Crippen LogP) is 6.18. The molecule has 1 nitrogen and oxygen atoms in total. The first kappa shape index (κ1) is 22.0. The number of hydrogen-bond donors (Lipinski definition) is 0. The summed E-state index contributed by atoms with van der Waals surface area (Å²) in [7, 11) is 0. The molecule has 22 heavy (non-hydrogen) atoms. The Balaban J connectivity index is 0.000000368. The Kier molecular flexibility index (Phi) is 8.77. The second kappa shape index (κ2) is 8.76. The topological polar surface area (TPSA) is 23.8 Å². The van der Waals surface area contributed by atoms with E-state index in [-0.39, 0.29) is 42.1 Å². The van der Waals surface area contributed by atoms with Crippen LogP contribution in [0.3, 0.4) is 0 Å². The summed E-state index contributed by atoms with van der Waals surface area (Å²) in [5.41, 5.74) is 11.2. The van der Waals surface area contributed by atoms with Crippen molar-refractivity contribution in [1.82, 2.24) is 0 Å². The van der Waals surface area contributed by atoms with Gasteiger partial charge >= 0.3 is 21.7 Å². The number of nitrogens with one attached hydrogen (secondary N) is 1. The SMILES string of the molecule is CCc1c[cH-]cc1C.[CH3-].[CH3-].[NH-]C12CC3CC(CC(C3)C1)C2.[Ti+4]. The Morgan fingerprint density at radius 1 is 1.05 bits per heavy atom. The monoisotopic (exact) mass is 335 g/mol. The normalized spacial score (nSPS) is 33.7. The maximum atomic E-state index is 8.21. The van der Waals surface area contributed by atoms with E-state index in [0.29, 0.717) is 0 Å². The van der Waals surface area contributed by atoms with Gasteiger partial charge in [0.2, 0.25) is 0 Å². The van der Waals surface area contributed by atoms with E-state index in [1.807, 2.05) is 0 Å². The predicted molar refractivity (Wildman–Crippen MR) is 94.2 cm³/mol. The van der Waals surface area contributed by atoms with Crippen LogP contribution in [-0.4, -0.2) is 5.54 Å². The van der Waals surface area contributed by atoms with Gasteiger partial charge in [0.15, 0.2) is 0 Å². The zero-order valence-electron chi connectivity index (χ0n) is 14.9. The van der Waals surface area contributed by atoms with E-state index in [1.54, 1.807) is 0 Å². The summed E-state index contributed by atoms with van der Waals surface area (Å²) in [6.07, 6.45) is 9.28. The minimum atomic E-state index is 0. The van der Waals surface area contributed by atoms with Gasteiger partial charge in [0.05, 0.1) is 0 Å². The van der Waals surface area contributed by atoms with E-state index in [1.165, 1.54) is 56.1 Å².